The third-order valence-corrected chi connectivity index (χ3v) is 4.20. The van der Waals surface area contributed by atoms with Gasteiger partial charge in [0.1, 0.15) is 0 Å². The monoisotopic (exact) mass is 244 g/mol. The first kappa shape index (κ1) is 14.9. The first-order valence-corrected chi connectivity index (χ1v) is 6.60. The summed E-state index contributed by atoms with van der Waals surface area (Å²) in [6, 6.07) is 0. The van der Waals surface area contributed by atoms with Crippen molar-refractivity contribution in [2.24, 2.45) is 11.7 Å². The molecular weight excluding hydrogens is 216 g/mol. The molecule has 2 unspecified atom stereocenters. The highest BCUT2D eigenvalue weighted by atomic mass is 16.7. The predicted octanol–water partition coefficient (Wildman–Crippen LogP) is 1.44. The zero-order chi connectivity index (χ0) is 12.9. The Morgan fingerprint density at radius 2 is 2.06 bits per heavy atom. The Hall–Kier alpha value is -0.160. The van der Waals surface area contributed by atoms with Crippen LogP contribution in [-0.2, 0) is 9.47 Å². The second-order valence-corrected chi connectivity index (χ2v) is 5.32. The lowest BCUT2D eigenvalue weighted by Gasteiger charge is -2.39. The first-order valence-electron chi connectivity index (χ1n) is 6.60. The summed E-state index contributed by atoms with van der Waals surface area (Å²) in [7, 11) is 3.37. The molecule has 1 heterocycles. The SMILES string of the molecule is CCC1CCN(C(C)(CN)CC(OC)OC)C1. The predicted molar refractivity (Wildman–Crippen MR) is 69.9 cm³/mol. The van der Waals surface area contributed by atoms with Crippen LogP contribution in [-0.4, -0.2) is 50.6 Å². The minimum Gasteiger partial charge on any atom is -0.356 e. The maximum atomic E-state index is 5.98. The van der Waals surface area contributed by atoms with Gasteiger partial charge in [0.05, 0.1) is 0 Å². The molecule has 0 radical (unpaired) electrons. The molecule has 0 spiro atoms. The van der Waals surface area contributed by atoms with E-state index in [1.807, 2.05) is 0 Å². The molecule has 17 heavy (non-hydrogen) atoms. The molecule has 0 aromatic carbocycles. The number of nitrogens with two attached hydrogens (primary N) is 1. The summed E-state index contributed by atoms with van der Waals surface area (Å²) in [5, 5.41) is 0. The largest absolute Gasteiger partial charge is 0.356 e. The lowest BCUT2D eigenvalue weighted by atomic mass is 9.95. The van der Waals surface area contributed by atoms with Crippen LogP contribution >= 0.6 is 0 Å². The van der Waals surface area contributed by atoms with Crippen LogP contribution in [0.4, 0.5) is 0 Å². The average Bonchev–Trinajstić information content (AvgIpc) is 2.85. The smallest absolute Gasteiger partial charge is 0.158 e. The van der Waals surface area contributed by atoms with Crippen LogP contribution in [0.2, 0.25) is 0 Å². The highest BCUT2D eigenvalue weighted by Gasteiger charge is 2.37. The van der Waals surface area contributed by atoms with Gasteiger partial charge in [-0.25, -0.2) is 0 Å². The van der Waals surface area contributed by atoms with Crippen LogP contribution in [0.3, 0.4) is 0 Å². The van der Waals surface area contributed by atoms with E-state index in [9.17, 15) is 0 Å². The number of hydrogen-bond acceptors (Lipinski definition) is 4. The van der Waals surface area contributed by atoms with Gasteiger partial charge in [0.15, 0.2) is 6.29 Å². The van der Waals surface area contributed by atoms with E-state index in [1.165, 1.54) is 12.8 Å². The van der Waals surface area contributed by atoms with Crippen LogP contribution in [0.15, 0.2) is 0 Å². The number of ether oxygens (including phenoxy) is 2. The van der Waals surface area contributed by atoms with E-state index in [0.29, 0.717) is 6.54 Å². The zero-order valence-electron chi connectivity index (χ0n) is 11.7. The topological polar surface area (TPSA) is 47.7 Å². The molecule has 0 aliphatic carbocycles. The molecule has 1 aliphatic rings. The maximum absolute atomic E-state index is 5.98. The molecule has 0 aromatic rings. The third-order valence-electron chi connectivity index (χ3n) is 4.20. The fourth-order valence-electron chi connectivity index (χ4n) is 2.62. The number of hydrogen-bond donors (Lipinski definition) is 1. The normalized spacial score (nSPS) is 25.4. The van der Waals surface area contributed by atoms with Crippen molar-refractivity contribution >= 4 is 0 Å². The van der Waals surface area contributed by atoms with Gasteiger partial charge >= 0.3 is 0 Å². The number of rotatable bonds is 7. The number of methoxy groups -OCH3 is 2. The van der Waals surface area contributed by atoms with Gasteiger partial charge in [0.2, 0.25) is 0 Å². The van der Waals surface area contributed by atoms with Gasteiger partial charge in [-0.15, -0.1) is 0 Å². The fraction of sp³-hybridized carbons (Fsp3) is 1.00. The Balaban J connectivity index is 2.61. The first-order chi connectivity index (χ1) is 8.09. The van der Waals surface area contributed by atoms with Crippen LogP contribution in [0.5, 0.6) is 0 Å². The summed E-state index contributed by atoms with van der Waals surface area (Å²) < 4.78 is 10.6. The second-order valence-electron chi connectivity index (χ2n) is 5.32. The van der Waals surface area contributed by atoms with E-state index < -0.39 is 0 Å². The summed E-state index contributed by atoms with van der Waals surface area (Å²) in [6.07, 6.45) is 3.21. The van der Waals surface area contributed by atoms with Crippen molar-refractivity contribution in [3.05, 3.63) is 0 Å². The van der Waals surface area contributed by atoms with Gasteiger partial charge in [-0.2, -0.15) is 0 Å². The van der Waals surface area contributed by atoms with Gasteiger partial charge in [0, 0.05) is 39.3 Å². The van der Waals surface area contributed by atoms with Crippen molar-refractivity contribution in [1.82, 2.24) is 4.90 Å². The van der Waals surface area contributed by atoms with Crippen molar-refractivity contribution in [2.75, 3.05) is 33.9 Å². The Kier molecular flexibility index (Phi) is 5.86. The summed E-state index contributed by atoms with van der Waals surface area (Å²) in [5.41, 5.74) is 5.97. The summed E-state index contributed by atoms with van der Waals surface area (Å²) in [6.45, 7) is 7.43. The van der Waals surface area contributed by atoms with Crippen molar-refractivity contribution in [3.63, 3.8) is 0 Å². The molecule has 2 N–H and O–H groups in total. The molecule has 1 aliphatic heterocycles. The highest BCUT2D eigenvalue weighted by Crippen LogP contribution is 2.29. The maximum Gasteiger partial charge on any atom is 0.158 e. The van der Waals surface area contributed by atoms with Crippen LogP contribution in [0, 0.1) is 5.92 Å². The Labute approximate surface area is 105 Å². The van der Waals surface area contributed by atoms with Crippen LogP contribution in [0.1, 0.15) is 33.1 Å². The average molecular weight is 244 g/mol. The highest BCUT2D eigenvalue weighted by molar-refractivity contribution is 4.92. The van der Waals surface area contributed by atoms with E-state index in [0.717, 1.165) is 25.4 Å². The molecule has 0 saturated carbocycles. The van der Waals surface area contributed by atoms with Gasteiger partial charge in [0.25, 0.3) is 0 Å². The fourth-order valence-corrected chi connectivity index (χ4v) is 2.62. The molecular formula is C13H28N2O2. The van der Waals surface area contributed by atoms with Crippen molar-refractivity contribution in [3.8, 4) is 0 Å². The molecule has 1 rings (SSSR count). The Bertz CT molecular complexity index is 221. The quantitative estimate of drug-likeness (QED) is 0.689. The molecule has 1 saturated heterocycles. The molecule has 2 atom stereocenters. The molecule has 102 valence electrons. The summed E-state index contributed by atoms with van der Waals surface area (Å²) in [5.74, 6) is 0.824. The van der Waals surface area contributed by atoms with Gasteiger partial charge in [-0.1, -0.05) is 13.3 Å². The number of likely N-dealkylation sites (tertiary alicyclic amines) is 1. The van der Waals surface area contributed by atoms with Crippen LogP contribution in [0.25, 0.3) is 0 Å². The Morgan fingerprint density at radius 3 is 2.47 bits per heavy atom. The zero-order valence-corrected chi connectivity index (χ0v) is 11.7. The van der Waals surface area contributed by atoms with Gasteiger partial charge < -0.3 is 15.2 Å². The van der Waals surface area contributed by atoms with Crippen molar-refractivity contribution < 1.29 is 9.47 Å². The minimum absolute atomic E-state index is 0.0133. The second kappa shape index (κ2) is 6.69. The molecule has 4 nitrogen and oxygen atoms in total. The molecule has 4 heteroatoms. The summed E-state index contributed by atoms with van der Waals surface area (Å²) >= 11 is 0. The summed E-state index contributed by atoms with van der Waals surface area (Å²) in [4.78, 5) is 2.51. The standard InChI is InChI=1S/C13H28N2O2/c1-5-11-6-7-15(9-11)13(2,10-14)8-12(16-3)17-4/h11-12H,5-10,14H2,1-4H3. The van der Waals surface area contributed by atoms with E-state index in [-0.39, 0.29) is 11.8 Å². The van der Waals surface area contributed by atoms with Crippen LogP contribution < -0.4 is 5.73 Å². The lowest BCUT2D eigenvalue weighted by Crippen LogP contribution is -2.52. The van der Waals surface area contributed by atoms with E-state index in [4.69, 9.17) is 15.2 Å². The van der Waals surface area contributed by atoms with E-state index in [1.54, 1.807) is 14.2 Å². The van der Waals surface area contributed by atoms with E-state index in [2.05, 4.69) is 18.7 Å². The van der Waals surface area contributed by atoms with Gasteiger partial charge in [-0.3, -0.25) is 4.90 Å². The molecule has 0 bridgehead atoms. The third kappa shape index (κ3) is 3.65. The molecule has 1 fully saturated rings. The number of nitrogens with zero attached hydrogens (tertiary/aromatic N) is 1. The van der Waals surface area contributed by atoms with Crippen molar-refractivity contribution in [2.45, 2.75) is 44.9 Å². The lowest BCUT2D eigenvalue weighted by molar-refractivity contribution is -0.127. The van der Waals surface area contributed by atoms with E-state index >= 15 is 0 Å². The van der Waals surface area contributed by atoms with Crippen molar-refractivity contribution in [1.29, 1.82) is 0 Å². The minimum atomic E-state index is -0.163. The molecule has 0 aromatic heterocycles. The Morgan fingerprint density at radius 1 is 1.41 bits per heavy atom. The van der Waals surface area contributed by atoms with Gasteiger partial charge in [-0.05, 0) is 25.8 Å². The molecule has 0 amide bonds.